The monoisotopic (exact) mass is 919 g/mol. The van der Waals surface area contributed by atoms with Crippen LogP contribution in [0.4, 0.5) is 11.4 Å². The van der Waals surface area contributed by atoms with Crippen LogP contribution in [0.25, 0.3) is 105 Å². The highest BCUT2D eigenvalue weighted by molar-refractivity contribution is 6.15. The Hall–Kier alpha value is -9.51. The van der Waals surface area contributed by atoms with E-state index >= 15 is 0 Å². The van der Waals surface area contributed by atoms with Crippen LogP contribution in [0, 0.1) is 0 Å². The average Bonchev–Trinajstić information content (AvgIpc) is 3.84. The van der Waals surface area contributed by atoms with Crippen LogP contribution in [0.1, 0.15) is 16.8 Å². The molecular weight excluding hydrogens is 875 g/mol. The van der Waals surface area contributed by atoms with E-state index in [0.29, 0.717) is 0 Å². The first-order valence-corrected chi connectivity index (χ1v) is 24.6. The van der Waals surface area contributed by atoms with Crippen molar-refractivity contribution in [1.29, 1.82) is 0 Å². The zero-order chi connectivity index (χ0) is 47.5. The number of pyridine rings is 1. The van der Waals surface area contributed by atoms with E-state index in [4.69, 9.17) is 9.40 Å². The Kier molecular flexibility index (Phi) is 9.88. The van der Waals surface area contributed by atoms with E-state index in [-0.39, 0.29) is 6.04 Å². The topological polar surface area (TPSA) is 34.2 Å². The van der Waals surface area contributed by atoms with Gasteiger partial charge in [0.1, 0.15) is 11.2 Å². The van der Waals surface area contributed by atoms with Gasteiger partial charge in [0.25, 0.3) is 0 Å². The minimum atomic E-state index is -0.103. The molecule has 10 aromatic carbocycles. The molecule has 0 N–H and O–H groups in total. The maximum atomic E-state index is 7.18. The van der Waals surface area contributed by atoms with Crippen LogP contribution < -0.4 is 4.90 Å². The van der Waals surface area contributed by atoms with Gasteiger partial charge in [-0.15, -0.1) is 0 Å². The number of allylic oxidation sites excluding steroid dienone is 4. The largest absolute Gasteiger partial charge is 0.455 e. The summed E-state index contributed by atoms with van der Waals surface area (Å²) in [6.45, 7) is 0. The number of benzene rings is 10. The standard InChI is InChI=1S/C68H45N3O/c1-2-4-25-53(24-3-1)70(63-30-15-21-46-18-7-9-26-55(46)63)54-43-61(59(42-52-23-13-14-38-69-52)51-33-32-45-17-5-6-20-48(45)39-51)68-62(44-54)60-40-49(35-37-67(60)72-68)50-34-36-58-57-28-11-12-29-65(57)71(66(58)41-50)64-31-16-22-47-19-8-10-27-56(47)64/h1-44,53H. The molecule has 14 rings (SSSR count). The minimum absolute atomic E-state index is 0.103. The van der Waals surface area contributed by atoms with Gasteiger partial charge in [0.05, 0.1) is 28.5 Å². The average molecular weight is 920 g/mol. The summed E-state index contributed by atoms with van der Waals surface area (Å²) in [7, 11) is 0. The molecule has 0 radical (unpaired) electrons. The van der Waals surface area contributed by atoms with Crippen molar-refractivity contribution >= 4 is 99.1 Å². The summed E-state index contributed by atoms with van der Waals surface area (Å²) in [5, 5.41) is 11.7. The van der Waals surface area contributed by atoms with Gasteiger partial charge in [-0.2, -0.15) is 0 Å². The molecule has 338 valence electrons. The molecule has 0 saturated carbocycles. The van der Waals surface area contributed by atoms with Crippen LogP contribution in [-0.2, 0) is 0 Å². The molecule has 3 heterocycles. The van der Waals surface area contributed by atoms with Crippen LogP contribution >= 0.6 is 0 Å². The summed E-state index contributed by atoms with van der Waals surface area (Å²) in [6.07, 6.45) is 17.1. The number of fused-ring (bicyclic) bond motifs is 9. The molecule has 0 aliphatic heterocycles. The number of furan rings is 1. The molecule has 1 aliphatic carbocycles. The van der Waals surface area contributed by atoms with Gasteiger partial charge >= 0.3 is 0 Å². The summed E-state index contributed by atoms with van der Waals surface area (Å²) in [5.74, 6) is 0. The van der Waals surface area contributed by atoms with E-state index in [0.717, 1.165) is 72.4 Å². The van der Waals surface area contributed by atoms with Crippen molar-refractivity contribution in [3.05, 3.63) is 278 Å². The van der Waals surface area contributed by atoms with Gasteiger partial charge < -0.3 is 13.9 Å². The molecule has 0 spiro atoms. The van der Waals surface area contributed by atoms with Gasteiger partial charge in [-0.25, -0.2) is 0 Å². The fraction of sp³-hybridized carbons (Fsp3) is 0.0147. The number of hydrogen-bond donors (Lipinski definition) is 0. The molecule has 0 saturated heterocycles. The zero-order valence-corrected chi connectivity index (χ0v) is 39.2. The molecule has 0 fully saturated rings. The van der Waals surface area contributed by atoms with E-state index in [1.165, 1.54) is 54.3 Å². The second-order valence-electron chi connectivity index (χ2n) is 18.7. The zero-order valence-electron chi connectivity index (χ0n) is 39.2. The molecule has 4 heteroatoms. The minimum Gasteiger partial charge on any atom is -0.455 e. The van der Waals surface area contributed by atoms with E-state index in [9.17, 15) is 0 Å². The first kappa shape index (κ1) is 41.5. The lowest BCUT2D eigenvalue weighted by atomic mass is 9.92. The predicted molar refractivity (Wildman–Crippen MR) is 303 cm³/mol. The summed E-state index contributed by atoms with van der Waals surface area (Å²) in [6, 6.07) is 78.9. The highest BCUT2D eigenvalue weighted by Crippen LogP contribution is 2.45. The number of rotatable bonds is 8. The number of para-hydroxylation sites is 1. The maximum Gasteiger partial charge on any atom is 0.143 e. The third-order valence-electron chi connectivity index (χ3n) is 14.5. The van der Waals surface area contributed by atoms with E-state index in [2.05, 4.69) is 258 Å². The van der Waals surface area contributed by atoms with Crippen LogP contribution in [0.15, 0.2) is 265 Å². The molecular formula is C68H45N3O. The van der Waals surface area contributed by atoms with Crippen LogP contribution in [-0.4, -0.2) is 15.6 Å². The van der Waals surface area contributed by atoms with Gasteiger partial charge in [0.2, 0.25) is 0 Å². The first-order valence-electron chi connectivity index (χ1n) is 24.6. The maximum absolute atomic E-state index is 7.18. The predicted octanol–water partition coefficient (Wildman–Crippen LogP) is 18.0. The molecule has 1 aliphatic rings. The molecule has 72 heavy (non-hydrogen) atoms. The Balaban J connectivity index is 1.04. The van der Waals surface area contributed by atoms with Crippen molar-refractivity contribution in [3.8, 4) is 16.8 Å². The second-order valence-corrected chi connectivity index (χ2v) is 18.7. The van der Waals surface area contributed by atoms with E-state index < -0.39 is 0 Å². The number of hydrogen-bond acceptors (Lipinski definition) is 3. The lowest BCUT2D eigenvalue weighted by Gasteiger charge is -2.32. The number of nitrogens with zero attached hydrogens (tertiary/aromatic N) is 3. The SMILES string of the molecule is C1=CC=CC(N(c2cc(C(=Cc3ccccn3)c3ccc4ccccc4c3)c3oc4ccc(-c5ccc6c7ccccc7n(-c7cccc8ccccc78)c6c5)cc4c3c2)c2cccc3ccccc23)C=C1. The van der Waals surface area contributed by atoms with E-state index in [1.807, 2.05) is 18.3 Å². The molecule has 0 amide bonds. The van der Waals surface area contributed by atoms with Gasteiger partial charge in [-0.1, -0.05) is 188 Å². The lowest BCUT2D eigenvalue weighted by molar-refractivity contribution is 0.667. The van der Waals surface area contributed by atoms with Gasteiger partial charge in [0.15, 0.2) is 0 Å². The Morgan fingerprint density at radius 2 is 1.15 bits per heavy atom. The van der Waals surface area contributed by atoms with Gasteiger partial charge in [0, 0.05) is 55.5 Å². The molecule has 0 unspecified atom stereocenters. The Bertz CT molecular complexity index is 4390. The van der Waals surface area contributed by atoms with Crippen LogP contribution in [0.2, 0.25) is 0 Å². The van der Waals surface area contributed by atoms with Crippen molar-refractivity contribution < 1.29 is 4.42 Å². The van der Waals surface area contributed by atoms with Crippen molar-refractivity contribution in [1.82, 2.24) is 9.55 Å². The van der Waals surface area contributed by atoms with Gasteiger partial charge in [-0.3, -0.25) is 4.98 Å². The third-order valence-corrected chi connectivity index (χ3v) is 14.5. The molecule has 3 aromatic heterocycles. The van der Waals surface area contributed by atoms with Crippen molar-refractivity contribution in [2.45, 2.75) is 6.04 Å². The normalized spacial score (nSPS) is 13.1. The second kappa shape index (κ2) is 17.2. The van der Waals surface area contributed by atoms with Crippen molar-refractivity contribution in [2.75, 3.05) is 4.90 Å². The first-order chi connectivity index (χ1) is 35.7. The summed E-state index contributed by atoms with van der Waals surface area (Å²) < 4.78 is 9.63. The van der Waals surface area contributed by atoms with Crippen molar-refractivity contribution in [3.63, 3.8) is 0 Å². The molecule has 13 aromatic rings. The summed E-state index contributed by atoms with van der Waals surface area (Å²) in [5.41, 5.74) is 13.5. The highest BCUT2D eigenvalue weighted by Gasteiger charge is 2.25. The highest BCUT2D eigenvalue weighted by atomic mass is 16.3. The number of anilines is 2. The number of aromatic nitrogens is 2. The lowest BCUT2D eigenvalue weighted by Crippen LogP contribution is -2.28. The molecule has 0 atom stereocenters. The fourth-order valence-corrected chi connectivity index (χ4v) is 11.1. The summed E-state index contributed by atoms with van der Waals surface area (Å²) in [4.78, 5) is 7.33. The Morgan fingerprint density at radius 3 is 1.99 bits per heavy atom. The van der Waals surface area contributed by atoms with Gasteiger partial charge in [-0.05, 0) is 117 Å². The molecule has 4 nitrogen and oxygen atoms in total. The third kappa shape index (κ3) is 7.03. The Labute approximate surface area is 416 Å². The summed E-state index contributed by atoms with van der Waals surface area (Å²) >= 11 is 0. The van der Waals surface area contributed by atoms with Crippen LogP contribution in [0.5, 0.6) is 0 Å². The quantitative estimate of drug-likeness (QED) is 0.152. The fourth-order valence-electron chi connectivity index (χ4n) is 11.1. The Morgan fingerprint density at radius 1 is 0.472 bits per heavy atom. The van der Waals surface area contributed by atoms with E-state index in [1.54, 1.807) is 0 Å². The van der Waals surface area contributed by atoms with Crippen molar-refractivity contribution in [2.24, 2.45) is 0 Å². The van der Waals surface area contributed by atoms with Crippen LogP contribution in [0.3, 0.4) is 0 Å². The smallest absolute Gasteiger partial charge is 0.143 e. The molecule has 0 bridgehead atoms.